The molecule has 2 aliphatic rings. The number of fused-ring (bicyclic) bond motifs is 1. The lowest BCUT2D eigenvalue weighted by Crippen LogP contribution is -2.61. The smallest absolute Gasteiger partial charge is 0.254 e. The molecule has 0 radical (unpaired) electrons. The predicted octanol–water partition coefficient (Wildman–Crippen LogP) is 4.69. The van der Waals surface area contributed by atoms with Gasteiger partial charge in [0.05, 0.1) is 12.2 Å². The molecule has 5 rings (SSSR count). The van der Waals surface area contributed by atoms with Gasteiger partial charge in [-0.3, -0.25) is 14.6 Å². The highest BCUT2D eigenvalue weighted by molar-refractivity contribution is 5.96. The third-order valence-electron chi connectivity index (χ3n) is 8.95. The normalized spacial score (nSPS) is 20.3. The summed E-state index contributed by atoms with van der Waals surface area (Å²) in [6.45, 7) is 16.6. The lowest BCUT2D eigenvalue weighted by molar-refractivity contribution is -0.606. The van der Waals surface area contributed by atoms with Gasteiger partial charge in [-0.15, -0.1) is 0 Å². The molecule has 0 N–H and O–H groups in total. The van der Waals surface area contributed by atoms with Crippen LogP contribution in [0.3, 0.4) is 0 Å². The maximum absolute atomic E-state index is 13.3. The maximum Gasteiger partial charge on any atom is 0.254 e. The van der Waals surface area contributed by atoms with E-state index in [1.54, 1.807) is 0 Å². The van der Waals surface area contributed by atoms with Crippen LogP contribution in [0.15, 0.2) is 48.8 Å². The van der Waals surface area contributed by atoms with Crippen molar-refractivity contribution in [2.75, 3.05) is 39.3 Å². The molecular weight excluding hydrogens is 488 g/mol. The summed E-state index contributed by atoms with van der Waals surface area (Å²) in [5, 5.41) is 14.2. The van der Waals surface area contributed by atoms with Crippen molar-refractivity contribution in [3.05, 3.63) is 76.3 Å². The summed E-state index contributed by atoms with van der Waals surface area (Å²) in [5.41, 5.74) is 3.60. The number of ether oxygens (including phenoxy) is 1. The zero-order chi connectivity index (χ0) is 27.7. The van der Waals surface area contributed by atoms with E-state index in [0.717, 1.165) is 73.7 Å². The third-order valence-corrected chi connectivity index (χ3v) is 8.95. The van der Waals surface area contributed by atoms with E-state index in [2.05, 4.69) is 60.0 Å². The van der Waals surface area contributed by atoms with Crippen molar-refractivity contribution >= 4 is 16.7 Å². The van der Waals surface area contributed by atoms with Gasteiger partial charge in [-0.2, -0.15) is 4.73 Å². The first-order valence-electron chi connectivity index (χ1n) is 14.3. The number of hydrogen-bond donors (Lipinski definition) is 0. The molecule has 7 heteroatoms. The summed E-state index contributed by atoms with van der Waals surface area (Å²) in [4.78, 5) is 20.6. The summed E-state index contributed by atoms with van der Waals surface area (Å²) in [7, 11) is 0. The number of piperidine rings is 1. The number of aryl methyl sites for hydroxylation is 2. The van der Waals surface area contributed by atoms with Crippen molar-refractivity contribution in [2.45, 2.75) is 65.6 Å². The Morgan fingerprint density at radius 1 is 1.03 bits per heavy atom. The Hall–Kier alpha value is -3.16. The second-order valence-corrected chi connectivity index (χ2v) is 11.6. The number of aromatic nitrogens is 1. The van der Waals surface area contributed by atoms with Crippen LogP contribution in [-0.2, 0) is 6.54 Å². The predicted molar refractivity (Wildman–Crippen MR) is 155 cm³/mol. The van der Waals surface area contributed by atoms with E-state index in [0.29, 0.717) is 18.2 Å². The molecule has 1 unspecified atom stereocenters. The quantitative estimate of drug-likeness (QED) is 0.342. The Kier molecular flexibility index (Phi) is 7.83. The lowest BCUT2D eigenvalue weighted by atomic mass is 9.86. The molecule has 0 spiro atoms. The van der Waals surface area contributed by atoms with Gasteiger partial charge >= 0.3 is 0 Å². The average molecular weight is 531 g/mol. The van der Waals surface area contributed by atoms with Gasteiger partial charge in [-0.25, -0.2) is 0 Å². The van der Waals surface area contributed by atoms with Gasteiger partial charge in [0.2, 0.25) is 0 Å². The summed E-state index contributed by atoms with van der Waals surface area (Å²) in [5.74, 6) is 1.01. The number of piperazine rings is 1. The minimum atomic E-state index is 0.0495. The van der Waals surface area contributed by atoms with Crippen LogP contribution in [0.4, 0.5) is 0 Å². The number of likely N-dealkylation sites (tertiary alicyclic amines) is 1. The van der Waals surface area contributed by atoms with Crippen LogP contribution in [0, 0.1) is 19.1 Å². The largest absolute Gasteiger partial charge is 0.619 e. The first-order chi connectivity index (χ1) is 18.7. The highest BCUT2D eigenvalue weighted by Gasteiger charge is 2.40. The van der Waals surface area contributed by atoms with Crippen molar-refractivity contribution in [1.29, 1.82) is 0 Å². The molecule has 1 aromatic heterocycles. The van der Waals surface area contributed by atoms with Crippen LogP contribution in [0.5, 0.6) is 5.75 Å². The Bertz CT molecular complexity index is 1330. The minimum Gasteiger partial charge on any atom is -0.619 e. The molecule has 0 bridgehead atoms. The number of hydrogen-bond acceptors (Lipinski definition) is 5. The number of amides is 1. The summed E-state index contributed by atoms with van der Waals surface area (Å²) in [6.07, 6.45) is 4.90. The van der Waals surface area contributed by atoms with Gasteiger partial charge in [-0.1, -0.05) is 30.3 Å². The van der Waals surface area contributed by atoms with Gasteiger partial charge in [0.15, 0.2) is 12.4 Å². The molecule has 39 heavy (non-hydrogen) atoms. The fourth-order valence-electron chi connectivity index (χ4n) is 6.55. The Morgan fingerprint density at radius 3 is 2.33 bits per heavy atom. The summed E-state index contributed by atoms with van der Waals surface area (Å²) >= 11 is 0. The Labute approximate surface area is 232 Å². The molecule has 2 aromatic carbocycles. The fourth-order valence-corrected chi connectivity index (χ4v) is 6.55. The number of nitrogens with zero attached hydrogens (tertiary/aromatic N) is 4. The Morgan fingerprint density at radius 2 is 1.69 bits per heavy atom. The number of rotatable bonds is 6. The van der Waals surface area contributed by atoms with Gasteiger partial charge < -0.3 is 14.8 Å². The van der Waals surface area contributed by atoms with Crippen LogP contribution in [0.1, 0.15) is 60.7 Å². The standard InChI is InChI=1S/C32H42N4O3/c1-6-39-29-12-11-26(27-9-7-8-10-28(27)29)22-34-17-18-35(21-25(34)4)32(5)13-15-33(16-14-32)31(37)30-23(2)19-36(38)20-24(30)3/h7-12,19-20,25H,6,13-18,21-22H2,1-5H3. The minimum absolute atomic E-state index is 0.0495. The second kappa shape index (κ2) is 11.1. The average Bonchev–Trinajstić information content (AvgIpc) is 2.91. The van der Waals surface area contributed by atoms with E-state index in [9.17, 15) is 10.0 Å². The topological polar surface area (TPSA) is 63.0 Å². The van der Waals surface area contributed by atoms with Crippen molar-refractivity contribution in [1.82, 2.24) is 14.7 Å². The molecule has 0 aliphatic carbocycles. The van der Waals surface area contributed by atoms with Gasteiger partial charge in [0.25, 0.3) is 5.91 Å². The van der Waals surface area contributed by atoms with Crippen LogP contribution >= 0.6 is 0 Å². The molecule has 7 nitrogen and oxygen atoms in total. The van der Waals surface area contributed by atoms with Crippen molar-refractivity contribution in [2.24, 2.45) is 0 Å². The third kappa shape index (κ3) is 5.48. The van der Waals surface area contributed by atoms with Crippen LogP contribution in [0.25, 0.3) is 10.8 Å². The van der Waals surface area contributed by atoms with Gasteiger partial charge in [-0.05, 0) is 64.5 Å². The van der Waals surface area contributed by atoms with E-state index >= 15 is 0 Å². The second-order valence-electron chi connectivity index (χ2n) is 11.6. The lowest BCUT2D eigenvalue weighted by Gasteiger charge is -2.51. The molecule has 208 valence electrons. The monoisotopic (exact) mass is 530 g/mol. The van der Waals surface area contributed by atoms with E-state index < -0.39 is 0 Å². The molecule has 2 saturated heterocycles. The van der Waals surface area contributed by atoms with Crippen molar-refractivity contribution in [3.8, 4) is 5.75 Å². The summed E-state index contributed by atoms with van der Waals surface area (Å²) in [6, 6.07) is 13.3. The van der Waals surface area contributed by atoms with Crippen LogP contribution < -0.4 is 9.47 Å². The molecule has 0 saturated carbocycles. The number of carbonyl (C=O) groups excluding carboxylic acids is 1. The first-order valence-corrected chi connectivity index (χ1v) is 14.3. The van der Waals surface area contributed by atoms with Crippen molar-refractivity contribution in [3.63, 3.8) is 0 Å². The first kappa shape index (κ1) is 27.4. The fraction of sp³-hybridized carbons (Fsp3) is 0.500. The molecule has 2 aliphatic heterocycles. The molecule has 3 heterocycles. The molecular formula is C32H42N4O3. The molecule has 1 amide bonds. The van der Waals surface area contributed by atoms with Crippen molar-refractivity contribution < 1.29 is 14.3 Å². The molecule has 2 fully saturated rings. The maximum atomic E-state index is 13.3. The van der Waals surface area contributed by atoms with Crippen LogP contribution in [-0.4, -0.2) is 71.5 Å². The van der Waals surface area contributed by atoms with E-state index in [4.69, 9.17) is 4.74 Å². The van der Waals surface area contributed by atoms with E-state index in [-0.39, 0.29) is 11.4 Å². The number of pyridine rings is 1. The van der Waals surface area contributed by atoms with Gasteiger partial charge in [0.1, 0.15) is 5.75 Å². The van der Waals surface area contributed by atoms with E-state index in [1.807, 2.05) is 25.7 Å². The highest BCUT2D eigenvalue weighted by atomic mass is 16.5. The Balaban J connectivity index is 1.22. The van der Waals surface area contributed by atoms with Gasteiger partial charge in [0, 0.05) is 67.4 Å². The number of carbonyl (C=O) groups is 1. The zero-order valence-corrected chi connectivity index (χ0v) is 24.1. The van der Waals surface area contributed by atoms with E-state index in [1.165, 1.54) is 28.7 Å². The zero-order valence-electron chi connectivity index (χ0n) is 24.1. The van der Waals surface area contributed by atoms with Crippen LogP contribution in [0.2, 0.25) is 0 Å². The number of benzene rings is 2. The SMILES string of the molecule is CCOc1ccc(CN2CCN(C3(C)CCN(C(=O)c4c(C)c[n+]([O-])cc4C)CC3)CC2C)c2ccccc12. The molecule has 1 atom stereocenters. The highest BCUT2D eigenvalue weighted by Crippen LogP contribution is 2.33. The molecule has 3 aromatic rings. The summed E-state index contributed by atoms with van der Waals surface area (Å²) < 4.78 is 6.67.